The smallest absolute Gasteiger partial charge is 0.290 e. The number of rotatable bonds is 9. The van der Waals surface area contributed by atoms with Gasteiger partial charge in [0.05, 0.1) is 18.2 Å². The number of hydrogen-bond donors (Lipinski definition) is 1. The predicted octanol–water partition coefficient (Wildman–Crippen LogP) is 3.59. The van der Waals surface area contributed by atoms with E-state index in [4.69, 9.17) is 9.47 Å². The van der Waals surface area contributed by atoms with Crippen LogP contribution in [0, 0.1) is 0 Å². The molecule has 1 atom stereocenters. The summed E-state index contributed by atoms with van der Waals surface area (Å²) >= 11 is 0. The number of aliphatic hydroxyl groups is 1. The number of ketones is 1. The SMILES string of the molecule is CCC(=O)C1=C(O)C(=O)N(CCOC)C1c1ccc(OCc2ccccc2)cc1. The lowest BCUT2D eigenvalue weighted by atomic mass is 9.95. The average Bonchev–Trinajstić information content (AvgIpc) is 3.01. The van der Waals surface area contributed by atoms with E-state index in [0.717, 1.165) is 11.1 Å². The molecule has 0 aromatic heterocycles. The number of Topliss-reactive ketones (excluding diaryl/α,β-unsaturated/α-hetero) is 1. The third-order valence-electron chi connectivity index (χ3n) is 4.91. The van der Waals surface area contributed by atoms with Gasteiger partial charge in [-0.3, -0.25) is 9.59 Å². The minimum absolute atomic E-state index is 0.145. The lowest BCUT2D eigenvalue weighted by Crippen LogP contribution is -2.33. The van der Waals surface area contributed by atoms with Crippen molar-refractivity contribution in [3.05, 3.63) is 77.1 Å². The molecule has 2 aromatic rings. The minimum Gasteiger partial charge on any atom is -0.503 e. The molecule has 1 aliphatic rings. The maximum Gasteiger partial charge on any atom is 0.290 e. The van der Waals surface area contributed by atoms with Gasteiger partial charge in [0.15, 0.2) is 11.5 Å². The van der Waals surface area contributed by atoms with Crippen molar-refractivity contribution in [3.63, 3.8) is 0 Å². The molecule has 0 spiro atoms. The Kier molecular flexibility index (Phi) is 6.67. The number of hydrogen-bond acceptors (Lipinski definition) is 5. The monoisotopic (exact) mass is 395 g/mol. The Morgan fingerprint density at radius 3 is 2.41 bits per heavy atom. The van der Waals surface area contributed by atoms with Crippen LogP contribution in [0.5, 0.6) is 5.75 Å². The van der Waals surface area contributed by atoms with E-state index in [-0.39, 0.29) is 24.3 Å². The molecule has 0 fully saturated rings. The van der Waals surface area contributed by atoms with Crippen LogP contribution >= 0.6 is 0 Å². The van der Waals surface area contributed by atoms with Crippen LogP contribution in [0.2, 0.25) is 0 Å². The van der Waals surface area contributed by atoms with Gasteiger partial charge in [-0.15, -0.1) is 0 Å². The molecule has 0 aliphatic carbocycles. The highest BCUT2D eigenvalue weighted by Crippen LogP contribution is 2.38. The van der Waals surface area contributed by atoms with Crippen LogP contribution in [-0.4, -0.2) is 42.0 Å². The quantitative estimate of drug-likeness (QED) is 0.702. The van der Waals surface area contributed by atoms with Crippen molar-refractivity contribution in [1.29, 1.82) is 0 Å². The van der Waals surface area contributed by atoms with Gasteiger partial charge < -0.3 is 19.5 Å². The highest BCUT2D eigenvalue weighted by Gasteiger charge is 2.42. The van der Waals surface area contributed by atoms with E-state index in [1.54, 1.807) is 26.2 Å². The lowest BCUT2D eigenvalue weighted by Gasteiger charge is -2.26. The molecule has 1 amide bonds. The average molecular weight is 395 g/mol. The Hall–Kier alpha value is -3.12. The molecule has 29 heavy (non-hydrogen) atoms. The number of aliphatic hydroxyl groups excluding tert-OH is 1. The number of benzene rings is 2. The van der Waals surface area contributed by atoms with Gasteiger partial charge in [0.25, 0.3) is 5.91 Å². The van der Waals surface area contributed by atoms with Crippen molar-refractivity contribution in [2.45, 2.75) is 26.0 Å². The van der Waals surface area contributed by atoms with Crippen molar-refractivity contribution < 1.29 is 24.2 Å². The summed E-state index contributed by atoms with van der Waals surface area (Å²) in [6, 6.07) is 16.5. The summed E-state index contributed by atoms with van der Waals surface area (Å²) in [6.45, 7) is 2.74. The van der Waals surface area contributed by atoms with Gasteiger partial charge in [-0.05, 0) is 23.3 Å². The summed E-state index contributed by atoms with van der Waals surface area (Å²) < 4.78 is 10.9. The summed E-state index contributed by atoms with van der Waals surface area (Å²) in [5, 5.41) is 10.3. The maximum atomic E-state index is 12.5. The molecule has 1 N–H and O–H groups in total. The number of carbonyl (C=O) groups excluding carboxylic acids is 2. The highest BCUT2D eigenvalue weighted by molar-refractivity contribution is 6.08. The van der Waals surface area contributed by atoms with E-state index in [1.807, 2.05) is 42.5 Å². The van der Waals surface area contributed by atoms with Crippen LogP contribution in [-0.2, 0) is 20.9 Å². The van der Waals surface area contributed by atoms with E-state index in [0.29, 0.717) is 19.0 Å². The van der Waals surface area contributed by atoms with Crippen molar-refractivity contribution in [2.24, 2.45) is 0 Å². The number of amides is 1. The summed E-state index contributed by atoms with van der Waals surface area (Å²) in [6.07, 6.45) is 0.208. The molecule has 1 heterocycles. The van der Waals surface area contributed by atoms with Crippen molar-refractivity contribution in [2.75, 3.05) is 20.3 Å². The van der Waals surface area contributed by atoms with Crippen LogP contribution < -0.4 is 4.74 Å². The summed E-state index contributed by atoms with van der Waals surface area (Å²) in [4.78, 5) is 26.5. The third kappa shape index (κ3) is 4.49. The zero-order valence-corrected chi connectivity index (χ0v) is 16.6. The van der Waals surface area contributed by atoms with Gasteiger partial charge in [0.2, 0.25) is 0 Å². The fraction of sp³-hybridized carbons (Fsp3) is 0.304. The zero-order chi connectivity index (χ0) is 20.8. The summed E-state index contributed by atoms with van der Waals surface area (Å²) in [5.74, 6) is -0.581. The summed E-state index contributed by atoms with van der Waals surface area (Å²) in [5.41, 5.74) is 1.95. The largest absolute Gasteiger partial charge is 0.503 e. The van der Waals surface area contributed by atoms with E-state index >= 15 is 0 Å². The normalized spacial score (nSPS) is 16.4. The standard InChI is InChI=1S/C23H25NO5/c1-3-19(25)20-21(24(13-14-28-2)23(27)22(20)26)17-9-11-18(12-10-17)29-15-16-7-5-4-6-8-16/h4-12,21,26H,3,13-15H2,1-2H3. The van der Waals surface area contributed by atoms with Gasteiger partial charge in [0, 0.05) is 20.1 Å². The molecule has 152 valence electrons. The van der Waals surface area contributed by atoms with E-state index in [9.17, 15) is 14.7 Å². The molecule has 2 aromatic carbocycles. The molecule has 1 aliphatic heterocycles. The first kappa shape index (κ1) is 20.6. The zero-order valence-electron chi connectivity index (χ0n) is 16.6. The fourth-order valence-electron chi connectivity index (χ4n) is 3.38. The van der Waals surface area contributed by atoms with Crippen LogP contribution in [0.3, 0.4) is 0 Å². The van der Waals surface area contributed by atoms with Crippen molar-refractivity contribution >= 4 is 11.7 Å². The first-order valence-electron chi connectivity index (χ1n) is 9.59. The topological polar surface area (TPSA) is 76.1 Å². The van der Waals surface area contributed by atoms with Crippen molar-refractivity contribution in [3.8, 4) is 5.75 Å². The molecule has 0 saturated carbocycles. The predicted molar refractivity (Wildman–Crippen MR) is 108 cm³/mol. The lowest BCUT2D eigenvalue weighted by molar-refractivity contribution is -0.130. The maximum absolute atomic E-state index is 12.5. The fourth-order valence-corrected chi connectivity index (χ4v) is 3.38. The van der Waals surface area contributed by atoms with Crippen LogP contribution in [0.25, 0.3) is 0 Å². The molecule has 6 nitrogen and oxygen atoms in total. The Morgan fingerprint density at radius 2 is 1.79 bits per heavy atom. The number of nitrogens with zero attached hydrogens (tertiary/aromatic N) is 1. The molecule has 1 unspecified atom stereocenters. The Morgan fingerprint density at radius 1 is 1.10 bits per heavy atom. The number of carbonyl (C=O) groups is 2. The number of ether oxygens (including phenoxy) is 2. The molecule has 0 bridgehead atoms. The molecular weight excluding hydrogens is 370 g/mol. The van der Waals surface area contributed by atoms with Gasteiger partial charge in [-0.2, -0.15) is 0 Å². The molecule has 0 radical (unpaired) electrons. The van der Waals surface area contributed by atoms with E-state index in [2.05, 4.69) is 0 Å². The van der Waals surface area contributed by atoms with Crippen LogP contribution in [0.4, 0.5) is 0 Å². The van der Waals surface area contributed by atoms with E-state index < -0.39 is 17.7 Å². The van der Waals surface area contributed by atoms with Crippen LogP contribution in [0.15, 0.2) is 65.9 Å². The second-order valence-corrected chi connectivity index (χ2v) is 6.78. The second kappa shape index (κ2) is 9.39. The first-order chi connectivity index (χ1) is 14.1. The van der Waals surface area contributed by atoms with Gasteiger partial charge in [-0.1, -0.05) is 49.4 Å². The van der Waals surface area contributed by atoms with Crippen LogP contribution in [0.1, 0.15) is 30.5 Å². The molecular formula is C23H25NO5. The molecule has 6 heteroatoms. The Labute approximate surface area is 170 Å². The molecule has 0 saturated heterocycles. The van der Waals surface area contributed by atoms with E-state index in [1.165, 1.54) is 4.90 Å². The highest BCUT2D eigenvalue weighted by atomic mass is 16.5. The van der Waals surface area contributed by atoms with Gasteiger partial charge >= 0.3 is 0 Å². The minimum atomic E-state index is -0.631. The molecule has 3 rings (SSSR count). The van der Waals surface area contributed by atoms with Gasteiger partial charge in [0.1, 0.15) is 12.4 Å². The number of methoxy groups -OCH3 is 1. The first-order valence-corrected chi connectivity index (χ1v) is 9.59. The van der Waals surface area contributed by atoms with Gasteiger partial charge in [-0.25, -0.2) is 0 Å². The Balaban J connectivity index is 1.82. The summed E-state index contributed by atoms with van der Waals surface area (Å²) in [7, 11) is 1.54. The van der Waals surface area contributed by atoms with Crippen molar-refractivity contribution in [1.82, 2.24) is 4.90 Å². The second-order valence-electron chi connectivity index (χ2n) is 6.78. The third-order valence-corrected chi connectivity index (χ3v) is 4.91. The Bertz CT molecular complexity index is 889.